The summed E-state index contributed by atoms with van der Waals surface area (Å²) >= 11 is 0. The Morgan fingerprint density at radius 3 is 2.22 bits per heavy atom. The molecule has 6 heteroatoms. The summed E-state index contributed by atoms with van der Waals surface area (Å²) in [7, 11) is 3.14. The maximum absolute atomic E-state index is 12.6. The van der Waals surface area contributed by atoms with Crippen LogP contribution in [0.2, 0.25) is 0 Å². The van der Waals surface area contributed by atoms with Crippen molar-refractivity contribution in [3.8, 4) is 0 Å². The van der Waals surface area contributed by atoms with Crippen LogP contribution < -0.4 is 10.5 Å². The zero-order valence-corrected chi connectivity index (χ0v) is 15.5. The van der Waals surface area contributed by atoms with E-state index in [9.17, 15) is 4.79 Å². The van der Waals surface area contributed by atoms with Gasteiger partial charge in [-0.05, 0) is 23.1 Å². The van der Waals surface area contributed by atoms with Crippen LogP contribution in [-0.2, 0) is 9.63 Å². The molecule has 0 bridgehead atoms. The zero-order chi connectivity index (χ0) is 18.8. The molecule has 3 aromatic rings. The van der Waals surface area contributed by atoms with E-state index in [1.54, 1.807) is 7.05 Å². The number of carbonyl (C=O) groups excluding carboxylic acids is 1. The Bertz CT molecular complexity index is 923. The summed E-state index contributed by atoms with van der Waals surface area (Å²) in [5, 5.41) is 10.9. The van der Waals surface area contributed by atoms with Crippen molar-refractivity contribution in [3.05, 3.63) is 72.3 Å². The van der Waals surface area contributed by atoms with E-state index in [0.29, 0.717) is 6.42 Å². The molecule has 2 N–H and O–H groups in total. The predicted octanol–water partition coefficient (Wildman–Crippen LogP) is 3.90. The van der Waals surface area contributed by atoms with Gasteiger partial charge in [0.15, 0.2) is 0 Å². The van der Waals surface area contributed by atoms with Crippen LogP contribution in [0.5, 0.6) is 0 Å². The quantitative estimate of drug-likeness (QED) is 0.536. The lowest BCUT2D eigenvalue weighted by molar-refractivity contribution is -0.168. The molecule has 0 saturated carbocycles. The van der Waals surface area contributed by atoms with E-state index in [4.69, 9.17) is 4.84 Å². The van der Waals surface area contributed by atoms with Gasteiger partial charge in [0.25, 0.3) is 0 Å². The molecule has 1 atom stereocenters. The molecule has 0 aromatic heterocycles. The Morgan fingerprint density at radius 2 is 1.63 bits per heavy atom. The molecule has 136 valence electrons. The van der Waals surface area contributed by atoms with Gasteiger partial charge in [-0.15, -0.1) is 0 Å². The smallest absolute Gasteiger partial charge is 0.378 e. The van der Waals surface area contributed by atoms with Gasteiger partial charge in [-0.2, -0.15) is 0 Å². The number of amides is 1. The topological polar surface area (TPSA) is 53.6 Å². The summed E-state index contributed by atoms with van der Waals surface area (Å²) in [5.74, 6) is -0.119. The van der Waals surface area contributed by atoms with Gasteiger partial charge in [0.1, 0.15) is 0 Å². The van der Waals surface area contributed by atoms with Crippen molar-refractivity contribution in [2.45, 2.75) is 12.2 Å². The second kappa shape index (κ2) is 7.33. The van der Waals surface area contributed by atoms with E-state index in [1.165, 1.54) is 22.9 Å². The molecule has 4 rings (SSSR count). The fourth-order valence-electron chi connectivity index (χ4n) is 3.70. The third-order valence-electron chi connectivity index (χ3n) is 5.18. The molecule has 0 spiro atoms. The van der Waals surface area contributed by atoms with Crippen LogP contribution in [0, 0.1) is 0 Å². The summed E-state index contributed by atoms with van der Waals surface area (Å²) in [6, 6.07) is 22.6. The van der Waals surface area contributed by atoms with Crippen LogP contribution in [0.4, 0.5) is 11.4 Å². The minimum atomic E-state index is -0.109. The predicted molar refractivity (Wildman–Crippen MR) is 111 cm³/mol. The first-order valence-corrected chi connectivity index (χ1v) is 9.08. The fourth-order valence-corrected chi connectivity index (χ4v) is 3.70. The fraction of sp³-hybridized carbons (Fsp3) is 0.190. The number of hydrogen-bond donors (Lipinski definition) is 2. The number of anilines is 2. The highest BCUT2D eigenvalue weighted by molar-refractivity contribution is 6.69. The molecule has 3 aromatic carbocycles. The Hall–Kier alpha value is -2.99. The van der Waals surface area contributed by atoms with E-state index in [2.05, 4.69) is 59.0 Å². The van der Waals surface area contributed by atoms with E-state index < -0.39 is 0 Å². The van der Waals surface area contributed by atoms with E-state index in [0.717, 1.165) is 16.9 Å². The van der Waals surface area contributed by atoms with Crippen LogP contribution in [0.3, 0.4) is 0 Å². The number of rotatable bonds is 5. The Balaban J connectivity index is 1.70. The Kier molecular flexibility index (Phi) is 4.73. The lowest BCUT2D eigenvalue weighted by atomic mass is 9.56. The van der Waals surface area contributed by atoms with E-state index in [1.807, 2.05) is 18.2 Å². The maximum atomic E-state index is 12.6. The molecule has 1 amide bonds. The average Bonchev–Trinajstić information content (AvgIpc) is 2.72. The third kappa shape index (κ3) is 3.36. The molecule has 0 aliphatic carbocycles. The first-order chi connectivity index (χ1) is 13.2. The summed E-state index contributed by atoms with van der Waals surface area (Å²) in [6.45, 7) is -0.109. The summed E-state index contributed by atoms with van der Waals surface area (Å²) in [6.07, 6.45) is 0.331. The largest absolute Gasteiger partial charge is 0.408 e. The number of hydroxylamine groups is 2. The van der Waals surface area contributed by atoms with Gasteiger partial charge >= 0.3 is 6.98 Å². The lowest BCUT2D eigenvalue weighted by Gasteiger charge is -2.32. The molecule has 0 radical (unpaired) electrons. The number of carbonyl (C=O) groups is 1. The molecule has 1 heterocycles. The molecule has 5 nitrogen and oxygen atoms in total. The van der Waals surface area contributed by atoms with Crippen molar-refractivity contribution in [3.63, 3.8) is 0 Å². The highest BCUT2D eigenvalue weighted by Gasteiger charge is 2.35. The minimum absolute atomic E-state index is 0.0556. The van der Waals surface area contributed by atoms with Gasteiger partial charge in [0.05, 0.1) is 7.11 Å². The van der Waals surface area contributed by atoms with Gasteiger partial charge in [0.2, 0.25) is 5.91 Å². The zero-order valence-electron chi connectivity index (χ0n) is 15.5. The molecule has 27 heavy (non-hydrogen) atoms. The monoisotopic (exact) mass is 359 g/mol. The van der Waals surface area contributed by atoms with Gasteiger partial charge in [-0.3, -0.25) is 9.63 Å². The van der Waals surface area contributed by atoms with Gasteiger partial charge in [-0.25, -0.2) is 5.06 Å². The summed E-state index contributed by atoms with van der Waals surface area (Å²) in [5.41, 5.74) is 3.27. The number of nitrogens with zero attached hydrogens (tertiary/aromatic N) is 1. The van der Waals surface area contributed by atoms with Crippen LogP contribution in [0.15, 0.2) is 66.7 Å². The second-order valence-electron chi connectivity index (χ2n) is 6.77. The van der Waals surface area contributed by atoms with Gasteiger partial charge in [-0.1, -0.05) is 54.6 Å². The van der Waals surface area contributed by atoms with Crippen molar-refractivity contribution in [2.24, 2.45) is 0 Å². The Morgan fingerprint density at radius 1 is 1.00 bits per heavy atom. The van der Waals surface area contributed by atoms with Crippen molar-refractivity contribution >= 4 is 35.0 Å². The number of nitrogens with one attached hydrogen (secondary N) is 2. The first-order valence-electron chi connectivity index (χ1n) is 9.08. The standard InChI is InChI=1S/C21H22BN3O2/c1-25(27-2)20(26)14-17(15-8-4-3-5-9-15)22-23-18-12-6-10-16-11-7-13-19(24-22)21(16)18/h3-13,17,23-24H,14H2,1-2H3/t17-/m1/s1. The summed E-state index contributed by atoms with van der Waals surface area (Å²) < 4.78 is 0. The molecule has 0 unspecified atom stereocenters. The first kappa shape index (κ1) is 17.4. The van der Waals surface area contributed by atoms with Crippen LogP contribution >= 0.6 is 0 Å². The van der Waals surface area contributed by atoms with Crippen LogP contribution in [-0.4, -0.2) is 32.1 Å². The minimum Gasteiger partial charge on any atom is -0.408 e. The van der Waals surface area contributed by atoms with Crippen molar-refractivity contribution in [1.82, 2.24) is 5.06 Å². The van der Waals surface area contributed by atoms with E-state index >= 15 is 0 Å². The molecular formula is C21H22BN3O2. The van der Waals surface area contributed by atoms with E-state index in [-0.39, 0.29) is 18.7 Å². The highest BCUT2D eigenvalue weighted by atomic mass is 16.7. The number of benzene rings is 3. The van der Waals surface area contributed by atoms with Gasteiger partial charge in [0, 0.05) is 36.0 Å². The normalized spacial score (nSPS) is 13.6. The molecule has 1 aliphatic rings. The van der Waals surface area contributed by atoms with Crippen molar-refractivity contribution in [1.29, 1.82) is 0 Å². The van der Waals surface area contributed by atoms with Crippen molar-refractivity contribution in [2.75, 3.05) is 24.6 Å². The lowest BCUT2D eigenvalue weighted by Crippen LogP contribution is -2.45. The second-order valence-corrected chi connectivity index (χ2v) is 6.77. The average molecular weight is 359 g/mol. The molecule has 1 aliphatic heterocycles. The maximum Gasteiger partial charge on any atom is 0.378 e. The molecule has 0 fully saturated rings. The van der Waals surface area contributed by atoms with Gasteiger partial charge < -0.3 is 10.5 Å². The molecule has 0 saturated heterocycles. The van der Waals surface area contributed by atoms with Crippen LogP contribution in [0.25, 0.3) is 10.8 Å². The number of hydrogen-bond acceptors (Lipinski definition) is 4. The summed E-state index contributed by atoms with van der Waals surface area (Å²) in [4.78, 5) is 17.7. The SMILES string of the molecule is CON(C)C(=O)C[C@@H](B1Nc2cccc3cccc(c23)N1)c1ccccc1. The van der Waals surface area contributed by atoms with Crippen LogP contribution in [0.1, 0.15) is 17.8 Å². The third-order valence-corrected chi connectivity index (χ3v) is 5.18. The van der Waals surface area contributed by atoms with Crippen molar-refractivity contribution < 1.29 is 9.63 Å². The highest BCUT2D eigenvalue weighted by Crippen LogP contribution is 2.37. The Labute approximate surface area is 159 Å². The molecular weight excluding hydrogens is 337 g/mol.